The largest absolute Gasteiger partial charge is 0.326 e. The zero-order chi connectivity index (χ0) is 18.9. The summed E-state index contributed by atoms with van der Waals surface area (Å²) in [4.78, 5) is 23.6. The molecule has 136 valence electrons. The van der Waals surface area contributed by atoms with Gasteiger partial charge < -0.3 is 5.32 Å². The third-order valence-corrected chi connectivity index (χ3v) is 4.45. The summed E-state index contributed by atoms with van der Waals surface area (Å²) in [5.74, 6) is -0.443. The van der Waals surface area contributed by atoms with Crippen LogP contribution >= 0.6 is 39.1 Å². The van der Waals surface area contributed by atoms with Crippen LogP contribution in [-0.4, -0.2) is 18.0 Å². The Labute approximate surface area is 169 Å². The van der Waals surface area contributed by atoms with Crippen molar-refractivity contribution in [1.29, 1.82) is 0 Å². The fourth-order valence-corrected chi connectivity index (χ4v) is 2.95. The number of carbonyl (C=O) groups excluding carboxylic acids is 2. The third-order valence-electron chi connectivity index (χ3n) is 3.30. The van der Waals surface area contributed by atoms with Crippen molar-refractivity contribution in [3.05, 3.63) is 62.5 Å². The number of nitrogens with zero attached hydrogens (tertiary/aromatic N) is 1. The molecule has 0 aliphatic carbocycles. The van der Waals surface area contributed by atoms with Gasteiger partial charge in [0.15, 0.2) is 0 Å². The summed E-state index contributed by atoms with van der Waals surface area (Å²) in [6.45, 7) is 0. The molecule has 5 nitrogen and oxygen atoms in total. The van der Waals surface area contributed by atoms with E-state index in [0.717, 1.165) is 4.47 Å². The smallest absolute Gasteiger partial charge is 0.240 e. The van der Waals surface area contributed by atoms with Crippen LogP contribution in [0.4, 0.5) is 5.69 Å². The molecule has 8 heteroatoms. The highest BCUT2D eigenvalue weighted by Gasteiger charge is 2.06. The summed E-state index contributed by atoms with van der Waals surface area (Å²) in [5.41, 5.74) is 3.63. The normalized spacial score (nSPS) is 10.7. The van der Waals surface area contributed by atoms with Crippen molar-refractivity contribution in [2.75, 3.05) is 5.32 Å². The highest BCUT2D eigenvalue weighted by atomic mass is 79.9. The number of carbonyl (C=O) groups is 2. The molecule has 0 aliphatic rings. The minimum absolute atomic E-state index is 0.151. The van der Waals surface area contributed by atoms with Crippen LogP contribution in [0.5, 0.6) is 0 Å². The number of hydrogen-bond donors (Lipinski definition) is 2. The fraction of sp³-hybridized carbons (Fsp3) is 0.167. The van der Waals surface area contributed by atoms with Crippen molar-refractivity contribution in [3.8, 4) is 0 Å². The first-order valence-corrected chi connectivity index (χ1v) is 9.32. The van der Waals surface area contributed by atoms with E-state index in [9.17, 15) is 9.59 Å². The van der Waals surface area contributed by atoms with Gasteiger partial charge >= 0.3 is 0 Å². The van der Waals surface area contributed by atoms with Crippen LogP contribution in [0.15, 0.2) is 52.0 Å². The highest BCUT2D eigenvalue weighted by Crippen LogP contribution is 2.22. The summed E-state index contributed by atoms with van der Waals surface area (Å²) < 4.78 is 0.881. The lowest BCUT2D eigenvalue weighted by Crippen LogP contribution is -2.18. The van der Waals surface area contributed by atoms with E-state index in [0.29, 0.717) is 27.7 Å². The minimum Gasteiger partial charge on any atom is -0.326 e. The number of amides is 2. The van der Waals surface area contributed by atoms with Gasteiger partial charge in [-0.1, -0.05) is 51.3 Å². The van der Waals surface area contributed by atoms with Gasteiger partial charge in [-0.25, -0.2) is 5.43 Å². The van der Waals surface area contributed by atoms with Crippen LogP contribution in [0.3, 0.4) is 0 Å². The van der Waals surface area contributed by atoms with Gasteiger partial charge in [0.1, 0.15) is 0 Å². The molecule has 0 unspecified atom stereocenters. The van der Waals surface area contributed by atoms with Crippen molar-refractivity contribution in [3.63, 3.8) is 0 Å². The monoisotopic (exact) mass is 455 g/mol. The van der Waals surface area contributed by atoms with Crippen LogP contribution < -0.4 is 10.7 Å². The fourth-order valence-electron chi connectivity index (χ4n) is 2.06. The first kappa shape index (κ1) is 20.4. The molecular weight excluding hydrogens is 441 g/mol. The number of hydrazone groups is 1. The van der Waals surface area contributed by atoms with Crippen molar-refractivity contribution in [2.45, 2.75) is 19.3 Å². The van der Waals surface area contributed by atoms with E-state index in [1.165, 1.54) is 6.21 Å². The van der Waals surface area contributed by atoms with Crippen LogP contribution in [0.25, 0.3) is 0 Å². The minimum atomic E-state index is -0.292. The molecule has 2 aromatic rings. The average molecular weight is 457 g/mol. The second-order valence-corrected chi connectivity index (χ2v) is 7.07. The summed E-state index contributed by atoms with van der Waals surface area (Å²) >= 11 is 15.3. The van der Waals surface area contributed by atoms with E-state index in [-0.39, 0.29) is 24.7 Å². The molecule has 0 aliphatic heterocycles. The number of rotatable bonds is 7. The molecule has 0 aromatic heterocycles. The van der Waals surface area contributed by atoms with Gasteiger partial charge in [0.25, 0.3) is 0 Å². The van der Waals surface area contributed by atoms with Gasteiger partial charge in [-0.3, -0.25) is 9.59 Å². The van der Waals surface area contributed by atoms with Gasteiger partial charge in [0.05, 0.1) is 16.3 Å². The summed E-state index contributed by atoms with van der Waals surface area (Å²) in [6.07, 6.45) is 2.22. The maximum Gasteiger partial charge on any atom is 0.240 e. The van der Waals surface area contributed by atoms with Crippen molar-refractivity contribution in [2.24, 2.45) is 5.10 Å². The maximum atomic E-state index is 11.9. The van der Waals surface area contributed by atoms with Crippen molar-refractivity contribution < 1.29 is 9.59 Å². The SMILES string of the molecule is O=C(CCCC(=O)Nc1cccc(Br)c1)N/N=C\c1c(Cl)cccc1Cl. The molecule has 0 fully saturated rings. The Kier molecular flexibility index (Phi) is 8.09. The Morgan fingerprint density at radius 1 is 1.04 bits per heavy atom. The summed E-state index contributed by atoms with van der Waals surface area (Å²) in [6, 6.07) is 12.4. The average Bonchev–Trinajstić information content (AvgIpc) is 2.57. The predicted molar refractivity (Wildman–Crippen MR) is 109 cm³/mol. The molecule has 0 saturated carbocycles. The van der Waals surface area contributed by atoms with Crippen molar-refractivity contribution in [1.82, 2.24) is 5.43 Å². The Hall–Kier alpha value is -1.89. The zero-order valence-electron chi connectivity index (χ0n) is 13.6. The second-order valence-electron chi connectivity index (χ2n) is 5.34. The number of nitrogens with one attached hydrogen (secondary N) is 2. The topological polar surface area (TPSA) is 70.6 Å². The van der Waals surface area contributed by atoms with Gasteiger partial charge in [0, 0.05) is 28.6 Å². The molecule has 0 radical (unpaired) electrons. The van der Waals surface area contributed by atoms with E-state index < -0.39 is 0 Å². The van der Waals surface area contributed by atoms with E-state index in [1.54, 1.807) is 30.3 Å². The Balaban J connectivity index is 1.72. The van der Waals surface area contributed by atoms with Crippen LogP contribution in [0, 0.1) is 0 Å². The van der Waals surface area contributed by atoms with Gasteiger partial charge in [-0.05, 0) is 36.8 Å². The van der Waals surface area contributed by atoms with E-state index >= 15 is 0 Å². The molecule has 0 bridgehead atoms. The first-order valence-electron chi connectivity index (χ1n) is 7.77. The second kappa shape index (κ2) is 10.3. The van der Waals surface area contributed by atoms with Gasteiger partial charge in [0.2, 0.25) is 11.8 Å². The molecule has 0 spiro atoms. The van der Waals surface area contributed by atoms with E-state index in [1.807, 2.05) is 12.1 Å². The molecule has 0 atom stereocenters. The number of halogens is 3. The van der Waals surface area contributed by atoms with E-state index in [4.69, 9.17) is 23.2 Å². The molecular formula is C18H16BrCl2N3O2. The standard InChI is InChI=1S/C18H16BrCl2N3O2/c19-12-4-1-5-13(10-12)23-17(25)8-3-9-18(26)24-22-11-14-15(20)6-2-7-16(14)21/h1-2,4-7,10-11H,3,8-9H2,(H,23,25)(H,24,26)/b22-11-. The van der Waals surface area contributed by atoms with Gasteiger partial charge in [-0.2, -0.15) is 5.10 Å². The van der Waals surface area contributed by atoms with Crippen LogP contribution in [0.1, 0.15) is 24.8 Å². The quantitative estimate of drug-likeness (QED) is 0.453. The zero-order valence-corrected chi connectivity index (χ0v) is 16.7. The van der Waals surface area contributed by atoms with Crippen molar-refractivity contribution >= 4 is 62.8 Å². The number of benzene rings is 2. The van der Waals surface area contributed by atoms with Crippen LogP contribution in [-0.2, 0) is 9.59 Å². The molecule has 2 rings (SSSR count). The maximum absolute atomic E-state index is 11.9. The number of hydrogen-bond acceptors (Lipinski definition) is 3. The predicted octanol–water partition coefficient (Wildman–Crippen LogP) is 5.02. The third kappa shape index (κ3) is 6.78. The number of anilines is 1. The molecule has 26 heavy (non-hydrogen) atoms. The van der Waals surface area contributed by atoms with E-state index in [2.05, 4.69) is 31.8 Å². The Morgan fingerprint density at radius 3 is 2.38 bits per heavy atom. The molecule has 0 saturated heterocycles. The lowest BCUT2D eigenvalue weighted by atomic mass is 10.2. The highest BCUT2D eigenvalue weighted by molar-refractivity contribution is 9.10. The Morgan fingerprint density at radius 2 is 1.69 bits per heavy atom. The lowest BCUT2D eigenvalue weighted by Gasteiger charge is -2.05. The molecule has 0 heterocycles. The summed E-state index contributed by atoms with van der Waals surface area (Å²) in [5, 5.41) is 7.50. The molecule has 2 amide bonds. The summed E-state index contributed by atoms with van der Waals surface area (Å²) in [7, 11) is 0. The molecule has 2 N–H and O–H groups in total. The van der Waals surface area contributed by atoms with Gasteiger partial charge in [-0.15, -0.1) is 0 Å². The van der Waals surface area contributed by atoms with Crippen LogP contribution in [0.2, 0.25) is 10.0 Å². The lowest BCUT2D eigenvalue weighted by molar-refractivity contribution is -0.121. The Bertz CT molecular complexity index is 808. The molecule has 2 aromatic carbocycles. The first-order chi connectivity index (χ1) is 12.5.